The quantitative estimate of drug-likeness (QED) is 0.243. The standard InChI is InChI=1S/C20H38O3/c1-4-7-8-9-10-11-12-13-14-15-16-17-18(21)19(5-2)23-20(22)6-3/h16-19,21H,4-15H2,1-3H3/b17-16+. The normalized spacial score (nSPS) is 14.1. The number of unbranched alkanes of at least 4 members (excludes halogenated alkanes) is 9. The lowest BCUT2D eigenvalue weighted by atomic mass is 10.1. The first-order chi connectivity index (χ1) is 11.2. The SMILES string of the molecule is CCCCCCCCCCC/C=C/C(O)C(CC)OC(=O)CC. The number of allylic oxidation sites excluding steroid dienone is 1. The number of aliphatic hydroxyl groups excluding tert-OH is 1. The number of hydrogen-bond donors (Lipinski definition) is 1. The van der Waals surface area contributed by atoms with Crippen LogP contribution in [-0.4, -0.2) is 23.3 Å². The first-order valence-electron chi connectivity index (χ1n) is 9.69. The Balaban J connectivity index is 3.62. The molecule has 0 aromatic carbocycles. The summed E-state index contributed by atoms with van der Waals surface area (Å²) in [7, 11) is 0. The van der Waals surface area contributed by atoms with E-state index in [-0.39, 0.29) is 5.97 Å². The van der Waals surface area contributed by atoms with Gasteiger partial charge in [0.2, 0.25) is 0 Å². The van der Waals surface area contributed by atoms with Gasteiger partial charge in [0.15, 0.2) is 0 Å². The van der Waals surface area contributed by atoms with Crippen molar-refractivity contribution in [1.82, 2.24) is 0 Å². The van der Waals surface area contributed by atoms with Crippen molar-refractivity contribution in [3.63, 3.8) is 0 Å². The fourth-order valence-electron chi connectivity index (χ4n) is 2.58. The van der Waals surface area contributed by atoms with Gasteiger partial charge in [-0.2, -0.15) is 0 Å². The Morgan fingerprint density at radius 1 is 0.957 bits per heavy atom. The average Bonchev–Trinajstić information content (AvgIpc) is 2.56. The van der Waals surface area contributed by atoms with Crippen LogP contribution in [0.25, 0.3) is 0 Å². The lowest BCUT2D eigenvalue weighted by molar-refractivity contribution is -0.153. The molecule has 0 rings (SSSR count). The molecule has 0 radical (unpaired) electrons. The molecule has 0 aromatic heterocycles. The molecule has 0 spiro atoms. The molecule has 0 bridgehead atoms. The topological polar surface area (TPSA) is 46.5 Å². The second kappa shape index (κ2) is 16.0. The minimum absolute atomic E-state index is 0.247. The van der Waals surface area contributed by atoms with Crippen LogP contribution < -0.4 is 0 Å². The number of ether oxygens (including phenoxy) is 1. The molecule has 0 aliphatic heterocycles. The summed E-state index contributed by atoms with van der Waals surface area (Å²) >= 11 is 0. The van der Waals surface area contributed by atoms with Crippen molar-refractivity contribution in [2.45, 2.75) is 110 Å². The second-order valence-corrected chi connectivity index (χ2v) is 6.33. The van der Waals surface area contributed by atoms with Crippen molar-refractivity contribution < 1.29 is 14.6 Å². The molecule has 0 saturated heterocycles. The van der Waals surface area contributed by atoms with E-state index in [2.05, 4.69) is 6.92 Å². The van der Waals surface area contributed by atoms with Crippen LogP contribution in [-0.2, 0) is 9.53 Å². The molecule has 23 heavy (non-hydrogen) atoms. The van der Waals surface area contributed by atoms with Crippen molar-refractivity contribution in [3.8, 4) is 0 Å². The summed E-state index contributed by atoms with van der Waals surface area (Å²) in [5, 5.41) is 10.0. The average molecular weight is 327 g/mol. The van der Waals surface area contributed by atoms with Gasteiger partial charge in [-0.05, 0) is 19.3 Å². The summed E-state index contributed by atoms with van der Waals surface area (Å²) in [6.07, 6.45) is 16.6. The van der Waals surface area contributed by atoms with E-state index in [9.17, 15) is 9.90 Å². The molecule has 3 heteroatoms. The Kier molecular flexibility index (Phi) is 15.5. The Labute approximate surface area is 143 Å². The summed E-state index contributed by atoms with van der Waals surface area (Å²) < 4.78 is 5.22. The van der Waals surface area contributed by atoms with Gasteiger partial charge in [-0.15, -0.1) is 0 Å². The van der Waals surface area contributed by atoms with E-state index in [0.29, 0.717) is 12.8 Å². The van der Waals surface area contributed by atoms with Crippen molar-refractivity contribution in [1.29, 1.82) is 0 Å². The van der Waals surface area contributed by atoms with Crippen LogP contribution in [0.1, 0.15) is 97.8 Å². The predicted octanol–water partition coefficient (Wildman–Crippen LogP) is 5.56. The van der Waals surface area contributed by atoms with Crippen LogP contribution in [0.2, 0.25) is 0 Å². The van der Waals surface area contributed by atoms with E-state index >= 15 is 0 Å². The Morgan fingerprint density at radius 2 is 1.52 bits per heavy atom. The summed E-state index contributed by atoms with van der Waals surface area (Å²) in [6, 6.07) is 0. The highest BCUT2D eigenvalue weighted by Gasteiger charge is 2.18. The number of esters is 1. The first-order valence-corrected chi connectivity index (χ1v) is 9.69. The van der Waals surface area contributed by atoms with Crippen LogP contribution in [0.5, 0.6) is 0 Å². The number of carbonyl (C=O) groups is 1. The van der Waals surface area contributed by atoms with Crippen LogP contribution in [0.3, 0.4) is 0 Å². The molecule has 0 aromatic rings. The van der Waals surface area contributed by atoms with E-state index < -0.39 is 12.2 Å². The second-order valence-electron chi connectivity index (χ2n) is 6.33. The molecule has 0 aliphatic carbocycles. The zero-order valence-corrected chi connectivity index (χ0v) is 15.6. The highest BCUT2D eigenvalue weighted by atomic mass is 16.6. The van der Waals surface area contributed by atoms with Crippen molar-refractivity contribution in [2.24, 2.45) is 0 Å². The van der Waals surface area contributed by atoms with Crippen molar-refractivity contribution in [3.05, 3.63) is 12.2 Å². The monoisotopic (exact) mass is 326 g/mol. The minimum Gasteiger partial charge on any atom is -0.459 e. The summed E-state index contributed by atoms with van der Waals surface area (Å²) in [5.74, 6) is -0.247. The number of aliphatic hydroxyl groups is 1. The van der Waals surface area contributed by atoms with E-state index in [1.54, 1.807) is 13.0 Å². The zero-order chi connectivity index (χ0) is 17.3. The number of carbonyl (C=O) groups excluding carboxylic acids is 1. The van der Waals surface area contributed by atoms with Crippen LogP contribution in [0.4, 0.5) is 0 Å². The third kappa shape index (κ3) is 13.3. The van der Waals surface area contributed by atoms with E-state index in [4.69, 9.17) is 4.74 Å². The Morgan fingerprint density at radius 3 is 2.04 bits per heavy atom. The molecular formula is C20H38O3. The molecule has 2 atom stereocenters. The Hall–Kier alpha value is -0.830. The molecule has 0 fully saturated rings. The fraction of sp³-hybridized carbons (Fsp3) is 0.850. The summed E-state index contributed by atoms with van der Waals surface area (Å²) in [6.45, 7) is 5.94. The molecule has 3 nitrogen and oxygen atoms in total. The van der Waals surface area contributed by atoms with Gasteiger partial charge < -0.3 is 9.84 Å². The van der Waals surface area contributed by atoms with Gasteiger partial charge in [-0.3, -0.25) is 4.79 Å². The van der Waals surface area contributed by atoms with E-state index in [1.165, 1.54) is 57.8 Å². The molecule has 0 saturated carbocycles. The van der Waals surface area contributed by atoms with E-state index in [0.717, 1.165) is 6.42 Å². The van der Waals surface area contributed by atoms with Gasteiger partial charge in [0.25, 0.3) is 0 Å². The predicted molar refractivity (Wildman–Crippen MR) is 97.5 cm³/mol. The summed E-state index contributed by atoms with van der Waals surface area (Å²) in [5.41, 5.74) is 0. The summed E-state index contributed by atoms with van der Waals surface area (Å²) in [4.78, 5) is 11.3. The number of rotatable bonds is 15. The van der Waals surface area contributed by atoms with Crippen molar-refractivity contribution in [2.75, 3.05) is 0 Å². The molecule has 0 amide bonds. The van der Waals surface area contributed by atoms with Gasteiger partial charge in [-0.25, -0.2) is 0 Å². The lowest BCUT2D eigenvalue weighted by Crippen LogP contribution is -2.29. The maximum absolute atomic E-state index is 11.3. The Bertz CT molecular complexity index is 299. The largest absolute Gasteiger partial charge is 0.459 e. The third-order valence-electron chi connectivity index (χ3n) is 4.16. The lowest BCUT2D eigenvalue weighted by Gasteiger charge is -2.19. The molecular weight excluding hydrogens is 288 g/mol. The fourth-order valence-corrected chi connectivity index (χ4v) is 2.58. The third-order valence-corrected chi connectivity index (χ3v) is 4.16. The van der Waals surface area contributed by atoms with Crippen LogP contribution in [0.15, 0.2) is 12.2 Å². The van der Waals surface area contributed by atoms with Crippen LogP contribution >= 0.6 is 0 Å². The van der Waals surface area contributed by atoms with Gasteiger partial charge in [0, 0.05) is 6.42 Å². The minimum atomic E-state index is -0.686. The highest BCUT2D eigenvalue weighted by Crippen LogP contribution is 2.12. The molecule has 0 aliphatic rings. The highest BCUT2D eigenvalue weighted by molar-refractivity contribution is 5.69. The van der Waals surface area contributed by atoms with Gasteiger partial charge in [-0.1, -0.05) is 84.3 Å². The molecule has 136 valence electrons. The maximum Gasteiger partial charge on any atom is 0.305 e. The zero-order valence-electron chi connectivity index (χ0n) is 15.6. The first kappa shape index (κ1) is 22.2. The van der Waals surface area contributed by atoms with Gasteiger partial charge >= 0.3 is 5.97 Å². The number of hydrogen-bond acceptors (Lipinski definition) is 3. The molecule has 2 unspecified atom stereocenters. The van der Waals surface area contributed by atoms with Crippen LogP contribution in [0, 0.1) is 0 Å². The van der Waals surface area contributed by atoms with Gasteiger partial charge in [0.1, 0.15) is 12.2 Å². The van der Waals surface area contributed by atoms with Gasteiger partial charge in [0.05, 0.1) is 0 Å². The van der Waals surface area contributed by atoms with E-state index in [1.807, 2.05) is 13.0 Å². The van der Waals surface area contributed by atoms with Crippen molar-refractivity contribution >= 4 is 5.97 Å². The molecule has 0 heterocycles. The smallest absolute Gasteiger partial charge is 0.305 e. The maximum atomic E-state index is 11.3. The molecule has 1 N–H and O–H groups in total.